The molecule has 0 aliphatic carbocycles. The standard InChI is InChI=1S/C6H14ClPS/c1-3-5-6-9-8(7)4-2/h3-6H2,1-2H3. The molecule has 0 aromatic carbocycles. The summed E-state index contributed by atoms with van der Waals surface area (Å²) in [4.78, 5) is 0. The molecule has 0 radical (unpaired) electrons. The Hall–Kier alpha value is 1.07. The Morgan fingerprint density at radius 2 is 2.11 bits per heavy atom. The van der Waals surface area contributed by atoms with E-state index < -0.39 is 0 Å². The monoisotopic (exact) mass is 184 g/mol. The number of halogens is 1. The van der Waals surface area contributed by atoms with Crippen LogP contribution >= 0.6 is 29.1 Å². The maximum Gasteiger partial charge on any atom is 0.0490 e. The summed E-state index contributed by atoms with van der Waals surface area (Å²) >= 11 is 7.86. The zero-order chi connectivity index (χ0) is 7.11. The van der Waals surface area contributed by atoms with E-state index in [0.717, 1.165) is 6.16 Å². The Balaban J connectivity index is 2.88. The quantitative estimate of drug-likeness (QED) is 0.458. The lowest BCUT2D eigenvalue weighted by Crippen LogP contribution is -1.73. The zero-order valence-electron chi connectivity index (χ0n) is 6.06. The van der Waals surface area contributed by atoms with Crippen LogP contribution < -0.4 is 0 Å². The summed E-state index contributed by atoms with van der Waals surface area (Å²) in [5.41, 5.74) is 0. The van der Waals surface area contributed by atoms with Crippen molar-refractivity contribution in [3.05, 3.63) is 0 Å². The molecule has 0 spiro atoms. The van der Waals surface area contributed by atoms with Gasteiger partial charge in [0.2, 0.25) is 0 Å². The van der Waals surface area contributed by atoms with Crippen LogP contribution in [0.1, 0.15) is 26.7 Å². The Bertz CT molecular complexity index is 61.0. The van der Waals surface area contributed by atoms with Gasteiger partial charge in [0.1, 0.15) is 0 Å². The van der Waals surface area contributed by atoms with Crippen molar-refractivity contribution >= 4 is 29.1 Å². The van der Waals surface area contributed by atoms with Crippen molar-refractivity contribution in [1.82, 2.24) is 0 Å². The lowest BCUT2D eigenvalue weighted by molar-refractivity contribution is 0.898. The van der Waals surface area contributed by atoms with Gasteiger partial charge in [-0.15, -0.1) is 11.4 Å². The molecule has 0 saturated heterocycles. The minimum atomic E-state index is -0.201. The number of hydrogen-bond acceptors (Lipinski definition) is 1. The lowest BCUT2D eigenvalue weighted by Gasteiger charge is -2.03. The summed E-state index contributed by atoms with van der Waals surface area (Å²) in [6, 6.07) is 0. The summed E-state index contributed by atoms with van der Waals surface area (Å²) < 4.78 is 0. The average Bonchev–Trinajstić information content (AvgIpc) is 1.89. The van der Waals surface area contributed by atoms with E-state index in [0.29, 0.717) is 0 Å². The van der Waals surface area contributed by atoms with Crippen molar-refractivity contribution in [3.8, 4) is 0 Å². The van der Waals surface area contributed by atoms with Crippen molar-refractivity contribution in [3.63, 3.8) is 0 Å². The molecule has 0 N–H and O–H groups in total. The molecule has 0 nitrogen and oxygen atoms in total. The van der Waals surface area contributed by atoms with Crippen molar-refractivity contribution in [1.29, 1.82) is 0 Å². The number of unbranched alkanes of at least 4 members (excludes halogenated alkanes) is 1. The van der Waals surface area contributed by atoms with Gasteiger partial charge in [-0.3, -0.25) is 0 Å². The molecule has 0 fully saturated rings. The van der Waals surface area contributed by atoms with Gasteiger partial charge in [0.15, 0.2) is 0 Å². The van der Waals surface area contributed by atoms with Crippen LogP contribution in [0.3, 0.4) is 0 Å². The van der Waals surface area contributed by atoms with E-state index >= 15 is 0 Å². The van der Waals surface area contributed by atoms with Crippen LogP contribution in [-0.4, -0.2) is 11.9 Å². The third-order valence-electron chi connectivity index (χ3n) is 0.978. The summed E-state index contributed by atoms with van der Waals surface area (Å²) in [5.74, 6) is 1.25. The van der Waals surface area contributed by atoms with Gasteiger partial charge in [0.25, 0.3) is 0 Å². The number of rotatable bonds is 5. The van der Waals surface area contributed by atoms with Gasteiger partial charge in [-0.05, 0) is 18.3 Å². The van der Waals surface area contributed by atoms with Crippen LogP contribution in [0.5, 0.6) is 0 Å². The molecule has 1 atom stereocenters. The van der Waals surface area contributed by atoms with E-state index in [2.05, 4.69) is 13.8 Å². The third-order valence-corrected chi connectivity index (χ3v) is 5.98. The minimum Gasteiger partial charge on any atom is -0.118 e. The van der Waals surface area contributed by atoms with E-state index in [-0.39, 0.29) is 6.48 Å². The molecule has 0 bridgehead atoms. The Morgan fingerprint density at radius 3 is 2.56 bits per heavy atom. The van der Waals surface area contributed by atoms with Crippen LogP contribution in [0.2, 0.25) is 0 Å². The highest BCUT2D eigenvalue weighted by atomic mass is 35.7. The molecule has 9 heavy (non-hydrogen) atoms. The van der Waals surface area contributed by atoms with E-state index in [4.69, 9.17) is 11.2 Å². The molecule has 0 aromatic rings. The Kier molecular flexibility index (Phi) is 8.03. The third kappa shape index (κ3) is 6.96. The van der Waals surface area contributed by atoms with E-state index in [1.165, 1.54) is 18.6 Å². The van der Waals surface area contributed by atoms with Crippen LogP contribution in [0.4, 0.5) is 0 Å². The Morgan fingerprint density at radius 1 is 1.44 bits per heavy atom. The van der Waals surface area contributed by atoms with Crippen LogP contribution in [-0.2, 0) is 0 Å². The first-order valence-electron chi connectivity index (χ1n) is 3.37. The van der Waals surface area contributed by atoms with Crippen LogP contribution in [0.25, 0.3) is 0 Å². The predicted molar refractivity (Wildman–Crippen MR) is 50.7 cm³/mol. The average molecular weight is 185 g/mol. The van der Waals surface area contributed by atoms with Crippen molar-refractivity contribution in [2.24, 2.45) is 0 Å². The van der Waals surface area contributed by atoms with Gasteiger partial charge in [-0.25, -0.2) is 0 Å². The molecule has 56 valence electrons. The fourth-order valence-corrected chi connectivity index (χ4v) is 3.35. The van der Waals surface area contributed by atoms with Crippen molar-refractivity contribution < 1.29 is 0 Å². The predicted octanol–water partition coefficient (Wildman–Crippen LogP) is 4.09. The maximum absolute atomic E-state index is 5.93. The smallest absolute Gasteiger partial charge is 0.0490 e. The van der Waals surface area contributed by atoms with Crippen molar-refractivity contribution in [2.45, 2.75) is 26.7 Å². The van der Waals surface area contributed by atoms with Crippen LogP contribution in [0, 0.1) is 0 Å². The molecule has 1 unspecified atom stereocenters. The highest BCUT2D eigenvalue weighted by molar-refractivity contribution is 8.62. The van der Waals surface area contributed by atoms with Gasteiger partial charge >= 0.3 is 0 Å². The molecule has 0 amide bonds. The first kappa shape index (κ1) is 10.1. The molecule has 3 heteroatoms. The summed E-state index contributed by atoms with van der Waals surface area (Å²) in [6.45, 7) is 4.16. The molecule has 0 saturated carbocycles. The second-order valence-electron chi connectivity index (χ2n) is 1.82. The first-order chi connectivity index (χ1) is 4.31. The molecular formula is C6H14ClPS. The normalized spacial score (nSPS) is 13.7. The lowest BCUT2D eigenvalue weighted by atomic mass is 10.4. The topological polar surface area (TPSA) is 0 Å². The van der Waals surface area contributed by atoms with E-state index in [1.54, 1.807) is 0 Å². The van der Waals surface area contributed by atoms with Gasteiger partial charge in [-0.2, -0.15) is 0 Å². The van der Waals surface area contributed by atoms with Gasteiger partial charge < -0.3 is 0 Å². The van der Waals surface area contributed by atoms with Crippen molar-refractivity contribution in [2.75, 3.05) is 11.9 Å². The highest BCUT2D eigenvalue weighted by Crippen LogP contribution is 2.54. The van der Waals surface area contributed by atoms with Gasteiger partial charge in [0.05, 0.1) is 0 Å². The second kappa shape index (κ2) is 7.18. The second-order valence-corrected chi connectivity index (χ2v) is 7.68. The fourth-order valence-electron chi connectivity index (χ4n) is 0.399. The molecule has 0 heterocycles. The summed E-state index contributed by atoms with van der Waals surface area (Å²) in [6.07, 6.45) is 3.75. The summed E-state index contributed by atoms with van der Waals surface area (Å²) in [7, 11) is 0. The summed E-state index contributed by atoms with van der Waals surface area (Å²) in [5, 5.41) is 0. The molecule has 0 aliphatic rings. The van der Waals surface area contributed by atoms with Gasteiger partial charge in [0, 0.05) is 6.48 Å². The molecule has 0 rings (SSSR count). The van der Waals surface area contributed by atoms with E-state index in [1.807, 2.05) is 11.4 Å². The van der Waals surface area contributed by atoms with Crippen LogP contribution in [0.15, 0.2) is 0 Å². The highest BCUT2D eigenvalue weighted by Gasteiger charge is 1.98. The zero-order valence-corrected chi connectivity index (χ0v) is 8.53. The largest absolute Gasteiger partial charge is 0.118 e. The maximum atomic E-state index is 5.93. The van der Waals surface area contributed by atoms with E-state index in [9.17, 15) is 0 Å². The van der Waals surface area contributed by atoms with Gasteiger partial charge in [-0.1, -0.05) is 31.5 Å². The fraction of sp³-hybridized carbons (Fsp3) is 1.00. The first-order valence-corrected chi connectivity index (χ1v) is 7.39. The molecule has 0 aromatic heterocycles. The Labute approximate surface area is 68.0 Å². The molecule has 0 aliphatic heterocycles. The number of hydrogen-bond donors (Lipinski definition) is 0. The minimum absolute atomic E-state index is 0.201. The molecular weight excluding hydrogens is 171 g/mol. The SMILES string of the molecule is CCCCSP(Cl)CC.